The fourth-order valence-electron chi connectivity index (χ4n) is 2.19. The van der Waals surface area contributed by atoms with Crippen molar-refractivity contribution in [2.75, 3.05) is 5.75 Å². The van der Waals surface area contributed by atoms with Crippen molar-refractivity contribution in [3.63, 3.8) is 0 Å². The zero-order valence-electron chi connectivity index (χ0n) is 13.1. The van der Waals surface area contributed by atoms with Crippen molar-refractivity contribution in [1.29, 1.82) is 0 Å². The molecule has 0 bridgehead atoms. The van der Waals surface area contributed by atoms with Gasteiger partial charge in [0.05, 0.1) is 12.0 Å². The van der Waals surface area contributed by atoms with Crippen molar-refractivity contribution in [3.8, 4) is 23.1 Å². The van der Waals surface area contributed by atoms with E-state index in [1.165, 1.54) is 30.0 Å². The smallest absolute Gasteiger partial charge is 0.200 e. The van der Waals surface area contributed by atoms with Crippen molar-refractivity contribution >= 4 is 17.5 Å². The molecule has 0 atom stereocenters. The molecule has 1 aromatic carbocycles. The molecule has 2 N–H and O–H groups in total. The molecule has 0 unspecified atom stereocenters. The number of allylic oxidation sites excluding steroid dienone is 1. The second-order valence-electron chi connectivity index (χ2n) is 5.10. The minimum atomic E-state index is -0.328. The molecule has 3 aromatic rings. The Balaban J connectivity index is 1.77. The van der Waals surface area contributed by atoms with E-state index in [0.717, 1.165) is 0 Å². The second kappa shape index (κ2) is 7.27. The van der Waals surface area contributed by atoms with Crippen LogP contribution in [-0.4, -0.2) is 36.5 Å². The van der Waals surface area contributed by atoms with Gasteiger partial charge in [-0.1, -0.05) is 17.8 Å². The Kier molecular flexibility index (Phi) is 4.90. The van der Waals surface area contributed by atoms with E-state index >= 15 is 0 Å². The molecule has 3 rings (SSSR count). The third-order valence-electron chi connectivity index (χ3n) is 3.40. The zero-order valence-corrected chi connectivity index (χ0v) is 13.9. The molecular weight excluding hydrogens is 342 g/mol. The number of furan rings is 1. The molecule has 0 radical (unpaired) electrons. The first kappa shape index (κ1) is 16.8. The molecule has 2 aromatic heterocycles. The lowest BCUT2D eigenvalue weighted by molar-refractivity contribution is 0.102. The molecule has 0 aliphatic heterocycles. The SMILES string of the molecule is C=CCn1c(SCC(=O)c2ccc(O)c(O)c2)nnc1-c1ccco1. The number of ketones is 1. The Bertz CT molecular complexity index is 903. The summed E-state index contributed by atoms with van der Waals surface area (Å²) in [4.78, 5) is 12.3. The predicted molar refractivity (Wildman–Crippen MR) is 92.7 cm³/mol. The Morgan fingerprint density at radius 3 is 2.80 bits per heavy atom. The molecule has 0 spiro atoms. The summed E-state index contributed by atoms with van der Waals surface area (Å²) in [5, 5.41) is 27.6. The lowest BCUT2D eigenvalue weighted by Gasteiger charge is -2.06. The fraction of sp³-hybridized carbons (Fsp3) is 0.118. The van der Waals surface area contributed by atoms with Crippen LogP contribution in [0, 0.1) is 0 Å². The molecule has 8 heteroatoms. The van der Waals surface area contributed by atoms with Crippen LogP contribution in [0.4, 0.5) is 0 Å². The van der Waals surface area contributed by atoms with Crippen molar-refractivity contribution < 1.29 is 19.4 Å². The highest BCUT2D eigenvalue weighted by Crippen LogP contribution is 2.27. The zero-order chi connectivity index (χ0) is 17.8. The maximum atomic E-state index is 12.3. The monoisotopic (exact) mass is 357 g/mol. The van der Waals surface area contributed by atoms with Gasteiger partial charge in [0.15, 0.2) is 28.2 Å². The van der Waals surface area contributed by atoms with Crippen LogP contribution < -0.4 is 0 Å². The number of aromatic hydroxyl groups is 2. The maximum absolute atomic E-state index is 12.3. The topological polar surface area (TPSA) is 101 Å². The van der Waals surface area contributed by atoms with E-state index in [9.17, 15) is 15.0 Å². The average molecular weight is 357 g/mol. The number of Topliss-reactive ketones (excluding diaryl/α,β-unsaturated/α-hetero) is 1. The van der Waals surface area contributed by atoms with E-state index in [4.69, 9.17) is 4.42 Å². The number of phenols is 2. The summed E-state index contributed by atoms with van der Waals surface area (Å²) in [6.07, 6.45) is 3.26. The molecule has 0 fully saturated rings. The van der Waals surface area contributed by atoms with E-state index in [-0.39, 0.29) is 23.0 Å². The Hall–Kier alpha value is -3.00. The largest absolute Gasteiger partial charge is 0.504 e. The Labute approximate surface area is 147 Å². The molecule has 25 heavy (non-hydrogen) atoms. The van der Waals surface area contributed by atoms with Gasteiger partial charge in [-0.05, 0) is 30.3 Å². The van der Waals surface area contributed by atoms with E-state index in [1.807, 2.05) is 0 Å². The van der Waals surface area contributed by atoms with Crippen molar-refractivity contribution in [2.45, 2.75) is 11.7 Å². The van der Waals surface area contributed by atoms with E-state index < -0.39 is 0 Å². The van der Waals surface area contributed by atoms with Crippen molar-refractivity contribution in [1.82, 2.24) is 14.8 Å². The van der Waals surface area contributed by atoms with Crippen LogP contribution in [0.2, 0.25) is 0 Å². The molecule has 0 saturated heterocycles. The lowest BCUT2D eigenvalue weighted by Crippen LogP contribution is -2.05. The minimum Gasteiger partial charge on any atom is -0.504 e. The highest BCUT2D eigenvalue weighted by atomic mass is 32.2. The number of benzene rings is 1. The van der Waals surface area contributed by atoms with Gasteiger partial charge in [0, 0.05) is 12.1 Å². The quantitative estimate of drug-likeness (QED) is 0.290. The van der Waals surface area contributed by atoms with Crippen LogP contribution in [0.25, 0.3) is 11.6 Å². The maximum Gasteiger partial charge on any atom is 0.200 e. The normalized spacial score (nSPS) is 10.7. The molecule has 128 valence electrons. The summed E-state index contributed by atoms with van der Waals surface area (Å²) in [6.45, 7) is 4.20. The minimum absolute atomic E-state index is 0.109. The summed E-state index contributed by atoms with van der Waals surface area (Å²) in [6, 6.07) is 7.52. The van der Waals surface area contributed by atoms with Crippen LogP contribution in [0.3, 0.4) is 0 Å². The van der Waals surface area contributed by atoms with Gasteiger partial charge >= 0.3 is 0 Å². The molecule has 7 nitrogen and oxygen atoms in total. The van der Waals surface area contributed by atoms with Crippen molar-refractivity contribution in [2.24, 2.45) is 0 Å². The second-order valence-corrected chi connectivity index (χ2v) is 6.04. The third-order valence-corrected chi connectivity index (χ3v) is 4.37. The Morgan fingerprint density at radius 2 is 2.12 bits per heavy atom. The first-order valence-corrected chi connectivity index (χ1v) is 8.34. The standard InChI is InChI=1S/C17H15N3O4S/c1-2-7-20-16(15-4-3-8-24-15)18-19-17(20)25-10-14(23)11-5-6-12(21)13(22)9-11/h2-6,8-9,21-22H,1,7,10H2. The van der Waals surface area contributed by atoms with Gasteiger partial charge in [0.2, 0.25) is 5.82 Å². The van der Waals surface area contributed by atoms with Crippen LogP contribution in [0.15, 0.2) is 58.8 Å². The average Bonchev–Trinajstić information content (AvgIpc) is 3.25. The van der Waals surface area contributed by atoms with Gasteiger partial charge in [-0.3, -0.25) is 9.36 Å². The number of phenolic OH excluding ortho intramolecular Hbond substituents is 2. The summed E-state index contributed by atoms with van der Waals surface area (Å²) in [5.41, 5.74) is 0.309. The molecule has 0 aliphatic rings. The van der Waals surface area contributed by atoms with Gasteiger partial charge < -0.3 is 14.6 Å². The first-order valence-electron chi connectivity index (χ1n) is 7.36. The van der Waals surface area contributed by atoms with E-state index in [1.54, 1.807) is 29.0 Å². The number of rotatable bonds is 7. The van der Waals surface area contributed by atoms with Gasteiger partial charge in [-0.25, -0.2) is 0 Å². The number of carbonyl (C=O) groups is 1. The van der Waals surface area contributed by atoms with Crippen LogP contribution >= 0.6 is 11.8 Å². The van der Waals surface area contributed by atoms with Crippen LogP contribution in [0.5, 0.6) is 11.5 Å². The summed E-state index contributed by atoms with van der Waals surface area (Å²) in [7, 11) is 0. The lowest BCUT2D eigenvalue weighted by atomic mass is 10.1. The number of hydrogen-bond donors (Lipinski definition) is 2. The van der Waals surface area contributed by atoms with Crippen LogP contribution in [0.1, 0.15) is 10.4 Å². The highest BCUT2D eigenvalue weighted by molar-refractivity contribution is 7.99. The highest BCUT2D eigenvalue weighted by Gasteiger charge is 2.17. The fourth-order valence-corrected chi connectivity index (χ4v) is 3.03. The van der Waals surface area contributed by atoms with Gasteiger partial charge in [0.25, 0.3) is 0 Å². The third kappa shape index (κ3) is 3.58. The number of aromatic nitrogens is 3. The molecule has 0 aliphatic carbocycles. The summed E-state index contributed by atoms with van der Waals surface area (Å²) < 4.78 is 7.16. The molecule has 0 amide bonds. The van der Waals surface area contributed by atoms with Gasteiger partial charge in [-0.2, -0.15) is 0 Å². The molecule has 2 heterocycles. The van der Waals surface area contributed by atoms with E-state index in [2.05, 4.69) is 16.8 Å². The summed E-state index contributed by atoms with van der Waals surface area (Å²) >= 11 is 1.22. The number of thioether (sulfide) groups is 1. The molecule has 0 saturated carbocycles. The summed E-state index contributed by atoms with van der Waals surface area (Å²) in [5.74, 6) is 0.451. The van der Waals surface area contributed by atoms with Gasteiger partial charge in [0.1, 0.15) is 0 Å². The number of carbonyl (C=O) groups excluding carboxylic acids is 1. The predicted octanol–water partition coefficient (Wildman–Crippen LogP) is 3.11. The van der Waals surface area contributed by atoms with E-state index in [0.29, 0.717) is 28.8 Å². The first-order chi connectivity index (χ1) is 12.1. The van der Waals surface area contributed by atoms with Crippen LogP contribution in [-0.2, 0) is 6.54 Å². The Morgan fingerprint density at radius 1 is 1.28 bits per heavy atom. The van der Waals surface area contributed by atoms with Crippen molar-refractivity contribution in [3.05, 3.63) is 54.8 Å². The van der Waals surface area contributed by atoms with Gasteiger partial charge in [-0.15, -0.1) is 16.8 Å². The number of nitrogens with zero attached hydrogens (tertiary/aromatic N) is 3. The number of hydrogen-bond acceptors (Lipinski definition) is 7. The molecular formula is C17H15N3O4S.